The first-order chi connectivity index (χ1) is 11.2. The lowest BCUT2D eigenvalue weighted by Gasteiger charge is -2.06. The zero-order valence-corrected chi connectivity index (χ0v) is 15.3. The lowest BCUT2D eigenvalue weighted by molar-refractivity contribution is -0.120. The van der Waals surface area contributed by atoms with Gasteiger partial charge in [-0.2, -0.15) is 0 Å². The quantitative estimate of drug-likeness (QED) is 0.445. The second kappa shape index (κ2) is 13.4. The summed E-state index contributed by atoms with van der Waals surface area (Å²) in [4.78, 5) is 11.8. The number of amides is 1. The molecule has 0 aliphatic heterocycles. The highest BCUT2D eigenvalue weighted by molar-refractivity contribution is 6.30. The third kappa shape index (κ3) is 11.2. The summed E-state index contributed by atoms with van der Waals surface area (Å²) in [6, 6.07) is 7.46. The lowest BCUT2D eigenvalue weighted by atomic mass is 10.1. The minimum absolute atomic E-state index is 0.100. The molecule has 0 aliphatic carbocycles. The summed E-state index contributed by atoms with van der Waals surface area (Å²) in [5.74, 6) is 0.100. The SMILES string of the molecule is CCCCCCCCCCCCNC(=O)Cc1ccc(Cl)cc1. The van der Waals surface area contributed by atoms with Crippen LogP contribution in [0.1, 0.15) is 76.7 Å². The first kappa shape index (κ1) is 20.0. The Hall–Kier alpha value is -1.02. The molecule has 0 fully saturated rings. The van der Waals surface area contributed by atoms with Gasteiger partial charge in [0, 0.05) is 11.6 Å². The fourth-order valence-corrected chi connectivity index (χ4v) is 2.82. The standard InChI is InChI=1S/C20H32ClNO/c1-2-3-4-5-6-7-8-9-10-11-16-22-20(23)17-18-12-14-19(21)15-13-18/h12-15H,2-11,16-17H2,1H3,(H,22,23). The molecule has 0 bridgehead atoms. The van der Waals surface area contributed by atoms with E-state index in [1.807, 2.05) is 24.3 Å². The number of hydrogen-bond acceptors (Lipinski definition) is 1. The Bertz CT molecular complexity index is 416. The predicted octanol–water partition coefficient (Wildman–Crippen LogP) is 5.92. The Morgan fingerprint density at radius 3 is 1.96 bits per heavy atom. The van der Waals surface area contributed by atoms with Crippen LogP contribution in [0.15, 0.2) is 24.3 Å². The number of rotatable bonds is 13. The molecule has 1 N–H and O–H groups in total. The van der Waals surface area contributed by atoms with Crippen molar-refractivity contribution in [2.45, 2.75) is 77.6 Å². The molecule has 0 heterocycles. The van der Waals surface area contributed by atoms with E-state index >= 15 is 0 Å². The number of carbonyl (C=O) groups is 1. The summed E-state index contributed by atoms with van der Waals surface area (Å²) < 4.78 is 0. The van der Waals surface area contributed by atoms with Crippen molar-refractivity contribution in [1.29, 1.82) is 0 Å². The van der Waals surface area contributed by atoms with Gasteiger partial charge in [-0.25, -0.2) is 0 Å². The maximum atomic E-state index is 11.8. The van der Waals surface area contributed by atoms with E-state index in [1.165, 1.54) is 57.8 Å². The number of halogens is 1. The summed E-state index contributed by atoms with van der Waals surface area (Å²) >= 11 is 5.83. The van der Waals surface area contributed by atoms with Crippen LogP contribution in [0.4, 0.5) is 0 Å². The molecule has 23 heavy (non-hydrogen) atoms. The molecule has 1 aromatic rings. The summed E-state index contributed by atoms with van der Waals surface area (Å²) in [5, 5.41) is 3.71. The first-order valence-electron chi connectivity index (χ1n) is 9.23. The van der Waals surface area contributed by atoms with Gasteiger partial charge in [0.05, 0.1) is 6.42 Å². The molecule has 0 unspecified atom stereocenters. The second-order valence-electron chi connectivity index (χ2n) is 6.34. The van der Waals surface area contributed by atoms with Crippen molar-refractivity contribution in [1.82, 2.24) is 5.32 Å². The molecule has 0 atom stereocenters. The lowest BCUT2D eigenvalue weighted by Crippen LogP contribution is -2.26. The van der Waals surface area contributed by atoms with Gasteiger partial charge in [-0.05, 0) is 24.1 Å². The third-order valence-corrected chi connectivity index (χ3v) is 4.38. The normalized spacial score (nSPS) is 10.7. The number of unbranched alkanes of at least 4 members (excludes halogenated alkanes) is 9. The molecule has 1 aromatic carbocycles. The fourth-order valence-electron chi connectivity index (χ4n) is 2.69. The summed E-state index contributed by atoms with van der Waals surface area (Å²) in [7, 11) is 0. The molecule has 130 valence electrons. The average molecular weight is 338 g/mol. The van der Waals surface area contributed by atoms with Gasteiger partial charge >= 0.3 is 0 Å². The summed E-state index contributed by atoms with van der Waals surface area (Å²) in [6.45, 7) is 3.05. The van der Waals surface area contributed by atoms with E-state index in [4.69, 9.17) is 11.6 Å². The van der Waals surface area contributed by atoms with Crippen molar-refractivity contribution in [2.75, 3.05) is 6.54 Å². The number of hydrogen-bond donors (Lipinski definition) is 1. The van der Waals surface area contributed by atoms with E-state index < -0.39 is 0 Å². The minimum Gasteiger partial charge on any atom is -0.356 e. The van der Waals surface area contributed by atoms with E-state index in [1.54, 1.807) is 0 Å². The van der Waals surface area contributed by atoms with Crippen LogP contribution >= 0.6 is 11.6 Å². The highest BCUT2D eigenvalue weighted by Gasteiger charge is 2.02. The molecule has 0 saturated carbocycles. The maximum absolute atomic E-state index is 11.8. The Balaban J connectivity index is 1.90. The minimum atomic E-state index is 0.100. The van der Waals surface area contributed by atoms with E-state index in [9.17, 15) is 4.79 Å². The maximum Gasteiger partial charge on any atom is 0.224 e. The summed E-state index contributed by atoms with van der Waals surface area (Å²) in [6.07, 6.45) is 13.6. The zero-order valence-electron chi connectivity index (χ0n) is 14.6. The van der Waals surface area contributed by atoms with E-state index in [0.717, 1.165) is 18.5 Å². The van der Waals surface area contributed by atoms with E-state index in [-0.39, 0.29) is 5.91 Å². The highest BCUT2D eigenvalue weighted by atomic mass is 35.5. The van der Waals surface area contributed by atoms with Crippen LogP contribution in [0, 0.1) is 0 Å². The monoisotopic (exact) mass is 337 g/mol. The molecule has 0 saturated heterocycles. The van der Waals surface area contributed by atoms with E-state index in [0.29, 0.717) is 11.4 Å². The smallest absolute Gasteiger partial charge is 0.224 e. The van der Waals surface area contributed by atoms with Gasteiger partial charge in [0.15, 0.2) is 0 Å². The number of benzene rings is 1. The number of nitrogens with one attached hydrogen (secondary N) is 1. The van der Waals surface area contributed by atoms with Crippen LogP contribution in [-0.4, -0.2) is 12.5 Å². The van der Waals surface area contributed by atoms with Gasteiger partial charge in [0.1, 0.15) is 0 Å². The van der Waals surface area contributed by atoms with E-state index in [2.05, 4.69) is 12.2 Å². The molecular formula is C20H32ClNO. The van der Waals surface area contributed by atoms with Crippen LogP contribution in [0.5, 0.6) is 0 Å². The predicted molar refractivity (Wildman–Crippen MR) is 100 cm³/mol. The summed E-state index contributed by atoms with van der Waals surface area (Å²) in [5.41, 5.74) is 1.01. The molecular weight excluding hydrogens is 306 g/mol. The van der Waals surface area contributed by atoms with Crippen LogP contribution in [0.25, 0.3) is 0 Å². The molecule has 1 rings (SSSR count). The van der Waals surface area contributed by atoms with Gasteiger partial charge < -0.3 is 5.32 Å². The van der Waals surface area contributed by atoms with Crippen LogP contribution in [0.2, 0.25) is 5.02 Å². The molecule has 3 heteroatoms. The topological polar surface area (TPSA) is 29.1 Å². The molecule has 0 radical (unpaired) electrons. The molecule has 0 aromatic heterocycles. The van der Waals surface area contributed by atoms with Crippen molar-refractivity contribution in [2.24, 2.45) is 0 Å². The van der Waals surface area contributed by atoms with Crippen molar-refractivity contribution in [3.63, 3.8) is 0 Å². The third-order valence-electron chi connectivity index (χ3n) is 4.13. The molecule has 2 nitrogen and oxygen atoms in total. The fraction of sp³-hybridized carbons (Fsp3) is 0.650. The van der Waals surface area contributed by atoms with Gasteiger partial charge in [0.2, 0.25) is 5.91 Å². The molecule has 1 amide bonds. The van der Waals surface area contributed by atoms with Crippen LogP contribution in [-0.2, 0) is 11.2 Å². The van der Waals surface area contributed by atoms with Crippen molar-refractivity contribution >= 4 is 17.5 Å². The Kier molecular flexibility index (Phi) is 11.7. The largest absolute Gasteiger partial charge is 0.356 e. The van der Waals surface area contributed by atoms with Crippen molar-refractivity contribution in [3.05, 3.63) is 34.9 Å². The molecule has 0 spiro atoms. The Morgan fingerprint density at radius 1 is 0.870 bits per heavy atom. The zero-order chi connectivity index (χ0) is 16.8. The average Bonchev–Trinajstić information content (AvgIpc) is 2.55. The first-order valence-corrected chi connectivity index (χ1v) is 9.61. The van der Waals surface area contributed by atoms with Crippen molar-refractivity contribution in [3.8, 4) is 0 Å². The Labute approximate surface area is 147 Å². The van der Waals surface area contributed by atoms with Crippen molar-refractivity contribution < 1.29 is 4.79 Å². The number of carbonyl (C=O) groups excluding carboxylic acids is 1. The Morgan fingerprint density at radius 2 is 1.39 bits per heavy atom. The van der Waals surface area contributed by atoms with Gasteiger partial charge in [-0.3, -0.25) is 4.79 Å². The van der Waals surface area contributed by atoms with Gasteiger partial charge in [-0.15, -0.1) is 0 Å². The highest BCUT2D eigenvalue weighted by Crippen LogP contribution is 2.11. The van der Waals surface area contributed by atoms with Crippen LogP contribution in [0.3, 0.4) is 0 Å². The van der Waals surface area contributed by atoms with Gasteiger partial charge in [-0.1, -0.05) is 88.4 Å². The second-order valence-corrected chi connectivity index (χ2v) is 6.77. The molecule has 0 aliphatic rings. The van der Waals surface area contributed by atoms with Gasteiger partial charge in [0.25, 0.3) is 0 Å². The van der Waals surface area contributed by atoms with Crippen LogP contribution < -0.4 is 5.32 Å².